The van der Waals surface area contributed by atoms with Crippen LogP contribution < -0.4 is 16.6 Å². The summed E-state index contributed by atoms with van der Waals surface area (Å²) < 4.78 is 0.753. The number of anilines is 3. The van der Waals surface area contributed by atoms with Crippen LogP contribution in [0.3, 0.4) is 0 Å². The van der Waals surface area contributed by atoms with Crippen LogP contribution in [0.1, 0.15) is 40.2 Å². The Morgan fingerprint density at radius 2 is 1.78 bits per heavy atom. The zero-order valence-electron chi connectivity index (χ0n) is 14.4. The average Bonchev–Trinajstić information content (AvgIpc) is 2.60. The third kappa shape index (κ3) is 6.38. The van der Waals surface area contributed by atoms with Crippen molar-refractivity contribution in [3.63, 3.8) is 0 Å². The van der Waals surface area contributed by atoms with Crippen LogP contribution in [0.25, 0.3) is 5.57 Å². The molecule has 0 amide bonds. The monoisotopic (exact) mass is 379 g/mol. The van der Waals surface area contributed by atoms with Gasteiger partial charge in [-0.25, -0.2) is 10.8 Å². The summed E-state index contributed by atoms with van der Waals surface area (Å²) in [6.45, 7) is 13.9. The van der Waals surface area contributed by atoms with Crippen LogP contribution in [-0.4, -0.2) is 9.97 Å². The van der Waals surface area contributed by atoms with Gasteiger partial charge in [0.1, 0.15) is 5.82 Å². The molecule has 2 rings (SSSR count). The fraction of sp³-hybridized carbons (Fsp3) is 0.294. The van der Waals surface area contributed by atoms with Gasteiger partial charge in [-0.15, -0.1) is 0 Å². The molecular formula is C17H26BrN5. The summed E-state index contributed by atoms with van der Waals surface area (Å²) in [5.74, 6) is 6.29. The molecule has 0 bridgehead atoms. The number of nitrogen functional groups attached to an aromatic ring is 1. The van der Waals surface area contributed by atoms with E-state index in [2.05, 4.69) is 43.2 Å². The minimum atomic E-state index is 0.346. The second kappa shape index (κ2) is 11.6. The number of hydrogen-bond donors (Lipinski definition) is 3. The number of para-hydroxylation sites is 1. The molecule has 0 atom stereocenters. The van der Waals surface area contributed by atoms with Gasteiger partial charge in [0.15, 0.2) is 0 Å². The van der Waals surface area contributed by atoms with Gasteiger partial charge in [0.05, 0.1) is 4.47 Å². The van der Waals surface area contributed by atoms with E-state index in [1.807, 2.05) is 58.9 Å². The van der Waals surface area contributed by atoms with Crippen LogP contribution >= 0.6 is 15.9 Å². The van der Waals surface area contributed by atoms with Gasteiger partial charge in [-0.1, -0.05) is 52.5 Å². The minimum Gasteiger partial charge on any atom is -0.339 e. The maximum Gasteiger partial charge on any atom is 0.239 e. The van der Waals surface area contributed by atoms with E-state index in [0.717, 1.165) is 21.3 Å². The smallest absolute Gasteiger partial charge is 0.239 e. The molecule has 1 aromatic heterocycles. The van der Waals surface area contributed by atoms with Crippen LogP contribution in [-0.2, 0) is 0 Å². The van der Waals surface area contributed by atoms with Crippen molar-refractivity contribution < 1.29 is 0 Å². The van der Waals surface area contributed by atoms with E-state index in [0.29, 0.717) is 11.8 Å². The van der Waals surface area contributed by atoms with E-state index in [1.165, 1.54) is 0 Å². The summed E-state index contributed by atoms with van der Waals surface area (Å²) in [4.78, 5) is 8.26. The molecule has 2 aromatic rings. The number of nitrogens with one attached hydrogen (secondary N) is 2. The number of benzene rings is 1. The van der Waals surface area contributed by atoms with E-state index >= 15 is 0 Å². The lowest BCUT2D eigenvalue weighted by Crippen LogP contribution is -2.11. The number of allylic oxidation sites excluding steroid dienone is 1. The number of hydrazine groups is 1. The molecule has 0 aliphatic carbocycles. The molecule has 1 aromatic carbocycles. The maximum atomic E-state index is 5.31. The van der Waals surface area contributed by atoms with Crippen molar-refractivity contribution in [3.05, 3.63) is 47.1 Å². The molecule has 23 heavy (non-hydrogen) atoms. The Hall–Kier alpha value is -1.92. The highest BCUT2D eigenvalue weighted by Crippen LogP contribution is 2.28. The van der Waals surface area contributed by atoms with Crippen molar-refractivity contribution in [2.24, 2.45) is 5.84 Å². The number of rotatable bonds is 4. The first-order chi connectivity index (χ1) is 11.1. The number of nitrogens with zero attached hydrogens (tertiary/aromatic N) is 2. The van der Waals surface area contributed by atoms with E-state index < -0.39 is 0 Å². The molecule has 0 saturated carbocycles. The van der Waals surface area contributed by atoms with E-state index in [1.54, 1.807) is 6.20 Å². The van der Waals surface area contributed by atoms with Crippen LogP contribution in [0.2, 0.25) is 0 Å². The van der Waals surface area contributed by atoms with Gasteiger partial charge < -0.3 is 5.32 Å². The maximum absolute atomic E-state index is 5.31. The normalized spacial score (nSPS) is 8.83. The summed E-state index contributed by atoms with van der Waals surface area (Å²) in [7, 11) is 0. The average molecular weight is 380 g/mol. The largest absolute Gasteiger partial charge is 0.339 e. The Morgan fingerprint density at radius 1 is 1.17 bits per heavy atom. The molecule has 0 spiro atoms. The third-order valence-corrected chi connectivity index (χ3v) is 3.09. The summed E-state index contributed by atoms with van der Waals surface area (Å²) in [6, 6.07) is 7.89. The fourth-order valence-corrected chi connectivity index (χ4v) is 1.91. The molecule has 0 aliphatic rings. The Labute approximate surface area is 147 Å². The van der Waals surface area contributed by atoms with Crippen molar-refractivity contribution >= 4 is 39.0 Å². The lowest BCUT2D eigenvalue weighted by molar-refractivity contribution is 1.11. The second-order valence-electron chi connectivity index (χ2n) is 3.99. The molecule has 0 radical (unpaired) electrons. The Bertz CT molecular complexity index is 614. The summed E-state index contributed by atoms with van der Waals surface area (Å²) in [5.41, 5.74) is 5.36. The minimum absolute atomic E-state index is 0.346. The number of hydrogen-bond acceptors (Lipinski definition) is 5. The summed E-state index contributed by atoms with van der Waals surface area (Å²) in [6.07, 6.45) is 1.63. The molecule has 0 unspecified atom stereocenters. The van der Waals surface area contributed by atoms with Crippen LogP contribution in [0.5, 0.6) is 0 Å². The fourth-order valence-electron chi connectivity index (χ4n) is 1.62. The Kier molecular flexibility index (Phi) is 10.7. The number of aromatic nitrogens is 2. The lowest BCUT2D eigenvalue weighted by Gasteiger charge is -2.12. The quantitative estimate of drug-likeness (QED) is 0.492. The Morgan fingerprint density at radius 3 is 2.35 bits per heavy atom. The molecule has 0 aliphatic heterocycles. The van der Waals surface area contributed by atoms with Crippen molar-refractivity contribution in [2.75, 3.05) is 10.7 Å². The first-order valence-electron chi connectivity index (χ1n) is 7.63. The Balaban J connectivity index is 0.00000112. The number of nitrogens with two attached hydrogens (primary N) is 1. The van der Waals surface area contributed by atoms with E-state index in [4.69, 9.17) is 5.84 Å². The topological polar surface area (TPSA) is 75.9 Å². The molecule has 5 nitrogen and oxygen atoms in total. The molecule has 126 valence electrons. The van der Waals surface area contributed by atoms with Crippen molar-refractivity contribution in [2.45, 2.75) is 34.6 Å². The van der Waals surface area contributed by atoms with Crippen molar-refractivity contribution in [3.8, 4) is 0 Å². The molecule has 4 N–H and O–H groups in total. The molecule has 0 saturated heterocycles. The highest BCUT2D eigenvalue weighted by atomic mass is 79.9. The van der Waals surface area contributed by atoms with E-state index in [-0.39, 0.29) is 0 Å². The van der Waals surface area contributed by atoms with Crippen LogP contribution in [0, 0.1) is 0 Å². The SMILES string of the molecule is C=C(C)c1ccccc1Nc1nc(NN)ncc1Br.CC.CC. The lowest BCUT2D eigenvalue weighted by atomic mass is 10.1. The predicted molar refractivity (Wildman–Crippen MR) is 105 cm³/mol. The van der Waals surface area contributed by atoms with E-state index in [9.17, 15) is 0 Å². The molecular weight excluding hydrogens is 354 g/mol. The first-order valence-corrected chi connectivity index (χ1v) is 8.42. The van der Waals surface area contributed by atoms with Gasteiger partial charge >= 0.3 is 0 Å². The predicted octanol–water partition coefficient (Wildman–Crippen LogP) is 5.35. The number of halogens is 1. The second-order valence-corrected chi connectivity index (χ2v) is 4.84. The standard InChI is InChI=1S/C13H14BrN5.2C2H6/c1-8(2)9-5-3-4-6-11(9)17-12-10(14)7-16-13(18-12)19-15;2*1-2/h3-7H,1,15H2,2H3,(H2,16,17,18,19);2*1-2H3. The van der Waals surface area contributed by atoms with Crippen molar-refractivity contribution in [1.82, 2.24) is 9.97 Å². The van der Waals surface area contributed by atoms with Gasteiger partial charge in [0.25, 0.3) is 0 Å². The molecule has 0 fully saturated rings. The van der Waals surface area contributed by atoms with Crippen LogP contribution in [0.4, 0.5) is 17.5 Å². The van der Waals surface area contributed by atoms with Gasteiger partial charge in [-0.2, -0.15) is 4.98 Å². The van der Waals surface area contributed by atoms with Gasteiger partial charge in [0, 0.05) is 17.4 Å². The highest BCUT2D eigenvalue weighted by Gasteiger charge is 2.08. The van der Waals surface area contributed by atoms with Crippen LogP contribution in [0.15, 0.2) is 41.5 Å². The molecule has 6 heteroatoms. The van der Waals surface area contributed by atoms with Gasteiger partial charge in [-0.05, 0) is 34.5 Å². The zero-order valence-corrected chi connectivity index (χ0v) is 16.0. The molecule has 1 heterocycles. The van der Waals surface area contributed by atoms with Gasteiger partial charge in [0.2, 0.25) is 5.95 Å². The highest BCUT2D eigenvalue weighted by molar-refractivity contribution is 9.10. The zero-order chi connectivity index (χ0) is 17.8. The third-order valence-electron chi connectivity index (χ3n) is 2.51. The summed E-state index contributed by atoms with van der Waals surface area (Å²) >= 11 is 3.40. The summed E-state index contributed by atoms with van der Waals surface area (Å²) in [5, 5.41) is 3.24. The van der Waals surface area contributed by atoms with Crippen molar-refractivity contribution in [1.29, 1.82) is 0 Å². The van der Waals surface area contributed by atoms with Gasteiger partial charge in [-0.3, -0.25) is 5.43 Å². The first kappa shape index (κ1) is 21.1.